The van der Waals surface area contributed by atoms with Gasteiger partial charge < -0.3 is 4.74 Å². The van der Waals surface area contributed by atoms with Crippen LogP contribution in [0.4, 0.5) is 4.39 Å². The van der Waals surface area contributed by atoms with Crippen molar-refractivity contribution in [2.24, 2.45) is 5.92 Å². The number of ketones is 1. The zero-order valence-electron chi connectivity index (χ0n) is 9.42. The summed E-state index contributed by atoms with van der Waals surface area (Å²) in [7, 11) is 0. The Morgan fingerprint density at radius 3 is 2.76 bits per heavy atom. The van der Waals surface area contributed by atoms with Gasteiger partial charge in [-0.05, 0) is 47.0 Å². The van der Waals surface area contributed by atoms with Crippen molar-refractivity contribution >= 4 is 21.7 Å². The quantitative estimate of drug-likeness (QED) is 0.847. The van der Waals surface area contributed by atoms with Gasteiger partial charge in [-0.2, -0.15) is 0 Å². The summed E-state index contributed by atoms with van der Waals surface area (Å²) < 4.78 is 18.7. The van der Waals surface area contributed by atoms with Crippen LogP contribution >= 0.6 is 15.9 Å². The first-order chi connectivity index (χ1) is 8.16. The molecule has 0 radical (unpaired) electrons. The van der Waals surface area contributed by atoms with E-state index < -0.39 is 0 Å². The first-order valence-electron chi connectivity index (χ1n) is 5.77. The van der Waals surface area contributed by atoms with E-state index in [0.29, 0.717) is 10.2 Å². The summed E-state index contributed by atoms with van der Waals surface area (Å²) >= 11 is 3.08. The standard InChI is InChI=1S/C13H14BrFO2/c14-11-7-10(5-6-12(11)15)17-8-13(16)9-3-1-2-4-9/h5-7,9H,1-4,8H2. The van der Waals surface area contributed by atoms with Crippen molar-refractivity contribution in [2.75, 3.05) is 6.61 Å². The summed E-state index contributed by atoms with van der Waals surface area (Å²) in [4.78, 5) is 11.8. The van der Waals surface area contributed by atoms with Crippen LogP contribution in [0.1, 0.15) is 25.7 Å². The summed E-state index contributed by atoms with van der Waals surface area (Å²) in [6.45, 7) is 0.0861. The van der Waals surface area contributed by atoms with Crippen molar-refractivity contribution < 1.29 is 13.9 Å². The van der Waals surface area contributed by atoms with Gasteiger partial charge >= 0.3 is 0 Å². The lowest BCUT2D eigenvalue weighted by Crippen LogP contribution is -2.19. The van der Waals surface area contributed by atoms with E-state index in [1.54, 1.807) is 0 Å². The van der Waals surface area contributed by atoms with Crippen LogP contribution < -0.4 is 4.74 Å². The smallest absolute Gasteiger partial charge is 0.173 e. The van der Waals surface area contributed by atoms with Gasteiger partial charge in [-0.1, -0.05) is 12.8 Å². The molecule has 0 unspecified atom stereocenters. The highest BCUT2D eigenvalue weighted by atomic mass is 79.9. The highest BCUT2D eigenvalue weighted by molar-refractivity contribution is 9.10. The number of ether oxygens (including phenoxy) is 1. The number of carbonyl (C=O) groups is 1. The minimum Gasteiger partial charge on any atom is -0.486 e. The first-order valence-corrected chi connectivity index (χ1v) is 6.56. The second-order valence-corrected chi connectivity index (χ2v) is 5.17. The minimum absolute atomic E-state index is 0.0861. The van der Waals surface area contributed by atoms with Crippen LogP contribution in [0.2, 0.25) is 0 Å². The number of halogens is 2. The largest absolute Gasteiger partial charge is 0.486 e. The van der Waals surface area contributed by atoms with Gasteiger partial charge in [0.15, 0.2) is 5.78 Å². The number of carbonyl (C=O) groups excluding carboxylic acids is 1. The normalized spacial score (nSPS) is 16.1. The van der Waals surface area contributed by atoms with Crippen LogP contribution in [0.3, 0.4) is 0 Å². The van der Waals surface area contributed by atoms with E-state index in [9.17, 15) is 9.18 Å². The Morgan fingerprint density at radius 1 is 1.41 bits per heavy atom. The van der Waals surface area contributed by atoms with Gasteiger partial charge in [-0.25, -0.2) is 4.39 Å². The van der Waals surface area contributed by atoms with E-state index in [1.165, 1.54) is 18.2 Å². The molecule has 0 atom stereocenters. The van der Waals surface area contributed by atoms with Gasteiger partial charge in [-0.3, -0.25) is 4.79 Å². The van der Waals surface area contributed by atoms with Crippen molar-refractivity contribution in [3.05, 3.63) is 28.5 Å². The third kappa shape index (κ3) is 3.28. The highest BCUT2D eigenvalue weighted by Gasteiger charge is 2.22. The monoisotopic (exact) mass is 300 g/mol. The topological polar surface area (TPSA) is 26.3 Å². The number of hydrogen-bond acceptors (Lipinski definition) is 2. The fourth-order valence-electron chi connectivity index (χ4n) is 2.09. The molecule has 1 aromatic rings. The molecule has 1 aromatic carbocycles. The zero-order chi connectivity index (χ0) is 12.3. The fraction of sp³-hybridized carbons (Fsp3) is 0.462. The Kier molecular flexibility index (Phi) is 4.15. The van der Waals surface area contributed by atoms with Crippen LogP contribution in [-0.2, 0) is 4.79 Å². The Morgan fingerprint density at radius 2 is 2.12 bits per heavy atom. The maximum atomic E-state index is 13.0. The number of rotatable bonds is 4. The van der Waals surface area contributed by atoms with Gasteiger partial charge in [-0.15, -0.1) is 0 Å². The maximum Gasteiger partial charge on any atom is 0.173 e. The Labute approximate surface area is 108 Å². The lowest BCUT2D eigenvalue weighted by Gasteiger charge is -2.09. The number of benzene rings is 1. The summed E-state index contributed by atoms with van der Waals surface area (Å²) in [5, 5.41) is 0. The molecule has 0 aromatic heterocycles. The van der Waals surface area contributed by atoms with Crippen molar-refractivity contribution in [3.63, 3.8) is 0 Å². The Bertz CT molecular complexity index is 414. The molecule has 17 heavy (non-hydrogen) atoms. The molecular weight excluding hydrogens is 287 g/mol. The molecule has 2 rings (SSSR count). The first kappa shape index (κ1) is 12.6. The average molecular weight is 301 g/mol. The van der Waals surface area contributed by atoms with E-state index in [0.717, 1.165) is 25.7 Å². The van der Waals surface area contributed by atoms with Gasteiger partial charge in [0.2, 0.25) is 0 Å². The van der Waals surface area contributed by atoms with Crippen molar-refractivity contribution in [1.82, 2.24) is 0 Å². The van der Waals surface area contributed by atoms with Gasteiger partial charge in [0, 0.05) is 5.92 Å². The van der Waals surface area contributed by atoms with Crippen LogP contribution in [0, 0.1) is 11.7 Å². The number of Topliss-reactive ketones (excluding diaryl/α,β-unsaturated/α-hetero) is 1. The molecule has 0 spiro atoms. The van der Waals surface area contributed by atoms with E-state index in [4.69, 9.17) is 4.74 Å². The van der Waals surface area contributed by atoms with Crippen LogP contribution in [0.15, 0.2) is 22.7 Å². The van der Waals surface area contributed by atoms with Crippen LogP contribution in [-0.4, -0.2) is 12.4 Å². The van der Waals surface area contributed by atoms with E-state index in [-0.39, 0.29) is 24.1 Å². The molecule has 0 heterocycles. The van der Waals surface area contributed by atoms with Gasteiger partial charge in [0.05, 0.1) is 4.47 Å². The van der Waals surface area contributed by atoms with E-state index >= 15 is 0 Å². The van der Waals surface area contributed by atoms with E-state index in [2.05, 4.69) is 15.9 Å². The maximum absolute atomic E-state index is 13.0. The van der Waals surface area contributed by atoms with Gasteiger partial charge in [0.1, 0.15) is 18.2 Å². The molecule has 0 amide bonds. The third-order valence-electron chi connectivity index (χ3n) is 3.08. The molecule has 1 aliphatic carbocycles. The summed E-state index contributed by atoms with van der Waals surface area (Å²) in [6.07, 6.45) is 4.24. The summed E-state index contributed by atoms with van der Waals surface area (Å²) in [6, 6.07) is 4.39. The summed E-state index contributed by atoms with van der Waals surface area (Å²) in [5.74, 6) is 0.505. The molecule has 2 nitrogen and oxygen atoms in total. The molecule has 92 valence electrons. The van der Waals surface area contributed by atoms with Crippen LogP contribution in [0.25, 0.3) is 0 Å². The second kappa shape index (κ2) is 5.63. The van der Waals surface area contributed by atoms with Crippen LogP contribution in [0.5, 0.6) is 5.75 Å². The molecule has 0 bridgehead atoms. The third-order valence-corrected chi connectivity index (χ3v) is 3.69. The van der Waals surface area contributed by atoms with Crippen molar-refractivity contribution in [3.8, 4) is 5.75 Å². The molecule has 1 fully saturated rings. The van der Waals surface area contributed by atoms with Crippen molar-refractivity contribution in [2.45, 2.75) is 25.7 Å². The number of hydrogen-bond donors (Lipinski definition) is 0. The Hall–Kier alpha value is -0.900. The Balaban J connectivity index is 1.88. The molecule has 0 N–H and O–H groups in total. The summed E-state index contributed by atoms with van der Waals surface area (Å²) in [5.41, 5.74) is 0. The molecule has 0 aliphatic heterocycles. The predicted octanol–water partition coefficient (Wildman–Crippen LogP) is 3.73. The average Bonchev–Trinajstić information content (AvgIpc) is 2.84. The zero-order valence-corrected chi connectivity index (χ0v) is 11.0. The lowest BCUT2D eigenvalue weighted by atomic mass is 10.0. The van der Waals surface area contributed by atoms with Gasteiger partial charge in [0.25, 0.3) is 0 Å². The fourth-order valence-corrected chi connectivity index (χ4v) is 2.44. The predicted molar refractivity (Wildman–Crippen MR) is 66.6 cm³/mol. The lowest BCUT2D eigenvalue weighted by molar-refractivity contribution is -0.124. The molecule has 0 saturated heterocycles. The molecule has 1 aliphatic rings. The molecule has 4 heteroatoms. The molecular formula is C13H14BrFO2. The molecule has 1 saturated carbocycles. The SMILES string of the molecule is O=C(COc1ccc(F)c(Br)c1)C1CCCC1. The second-order valence-electron chi connectivity index (χ2n) is 4.31. The minimum atomic E-state index is -0.334. The van der Waals surface area contributed by atoms with Crippen molar-refractivity contribution in [1.29, 1.82) is 0 Å². The van der Waals surface area contributed by atoms with E-state index in [1.807, 2.05) is 0 Å². The highest BCUT2D eigenvalue weighted by Crippen LogP contribution is 2.26.